The van der Waals surface area contributed by atoms with Crippen molar-refractivity contribution < 1.29 is 24.2 Å². The van der Waals surface area contributed by atoms with Crippen LogP contribution < -0.4 is 0 Å². The fourth-order valence-corrected chi connectivity index (χ4v) is 1.23. The molecule has 5 nitrogen and oxygen atoms in total. The molecular weight excluding hydrogens is 272 g/mol. The van der Waals surface area contributed by atoms with Gasteiger partial charge in [0.1, 0.15) is 11.3 Å². The topological polar surface area (TPSA) is 72.8 Å². The second kappa shape index (κ2) is 11.5. The second-order valence-electron chi connectivity index (χ2n) is 3.96. The molecule has 0 amide bonds. The number of carbonyl (C=O) groups excluding carboxylic acids is 2. The molecule has 1 rings (SSSR count). The molecule has 0 aliphatic heterocycles. The molecule has 116 valence electrons. The molecule has 0 spiro atoms. The van der Waals surface area contributed by atoms with E-state index in [0.717, 1.165) is 12.8 Å². The Morgan fingerprint density at radius 1 is 1.24 bits per heavy atom. The highest BCUT2D eigenvalue weighted by molar-refractivity contribution is 5.92. The van der Waals surface area contributed by atoms with E-state index < -0.39 is 5.97 Å². The Morgan fingerprint density at radius 3 is 2.43 bits per heavy atom. The van der Waals surface area contributed by atoms with E-state index in [1.807, 2.05) is 6.92 Å². The highest BCUT2D eigenvalue weighted by Gasteiger charge is 2.09. The van der Waals surface area contributed by atoms with Crippen molar-refractivity contribution in [1.29, 1.82) is 0 Å². The number of aromatic hydroxyl groups is 1. The summed E-state index contributed by atoms with van der Waals surface area (Å²) in [6.07, 6.45) is 3.15. The van der Waals surface area contributed by atoms with Crippen LogP contribution in [0, 0.1) is 0 Å². The Labute approximate surface area is 125 Å². The number of phenolic OH excluding ortho intramolecular Hbond substituents is 1. The minimum Gasteiger partial charge on any atom is -0.507 e. The van der Waals surface area contributed by atoms with Crippen molar-refractivity contribution in [3.05, 3.63) is 42.5 Å². The maximum atomic E-state index is 11.1. The van der Waals surface area contributed by atoms with E-state index in [0.29, 0.717) is 13.2 Å². The van der Waals surface area contributed by atoms with E-state index in [2.05, 4.69) is 11.3 Å². The predicted molar refractivity (Wildman–Crippen MR) is 80.1 cm³/mol. The zero-order valence-corrected chi connectivity index (χ0v) is 12.5. The molecule has 0 aliphatic carbocycles. The molecule has 0 saturated heterocycles. The van der Waals surface area contributed by atoms with Crippen LogP contribution in [-0.4, -0.2) is 30.3 Å². The fourth-order valence-electron chi connectivity index (χ4n) is 1.23. The first-order valence-corrected chi connectivity index (χ1v) is 6.81. The molecule has 21 heavy (non-hydrogen) atoms. The van der Waals surface area contributed by atoms with E-state index in [1.54, 1.807) is 19.1 Å². The zero-order valence-electron chi connectivity index (χ0n) is 12.5. The van der Waals surface area contributed by atoms with Crippen molar-refractivity contribution in [1.82, 2.24) is 0 Å². The Bertz CT molecular complexity index is 454. The second-order valence-corrected chi connectivity index (χ2v) is 3.96. The molecule has 1 aromatic carbocycles. The number of carbonyl (C=O) groups is 2. The van der Waals surface area contributed by atoms with E-state index in [9.17, 15) is 14.7 Å². The Balaban J connectivity index is 0.000000400. The third kappa shape index (κ3) is 8.47. The summed E-state index contributed by atoms with van der Waals surface area (Å²) < 4.78 is 9.38. The smallest absolute Gasteiger partial charge is 0.341 e. The molecule has 1 N–H and O–H groups in total. The van der Waals surface area contributed by atoms with Crippen molar-refractivity contribution >= 4 is 11.9 Å². The van der Waals surface area contributed by atoms with Gasteiger partial charge in [-0.05, 0) is 25.5 Å². The fraction of sp³-hybridized carbons (Fsp3) is 0.375. The third-order valence-corrected chi connectivity index (χ3v) is 2.31. The van der Waals surface area contributed by atoms with Crippen molar-refractivity contribution in [2.75, 3.05) is 13.2 Å². The van der Waals surface area contributed by atoms with Crippen molar-refractivity contribution in [2.45, 2.75) is 26.7 Å². The zero-order chi connectivity index (χ0) is 16.1. The number of esters is 2. The van der Waals surface area contributed by atoms with Crippen molar-refractivity contribution in [3.63, 3.8) is 0 Å². The lowest BCUT2D eigenvalue weighted by atomic mass is 10.2. The lowest BCUT2D eigenvalue weighted by Gasteiger charge is -2.02. The molecule has 0 radical (unpaired) electrons. The first kappa shape index (κ1) is 18.7. The van der Waals surface area contributed by atoms with E-state index in [1.165, 1.54) is 18.2 Å². The Kier molecular flexibility index (Phi) is 10.3. The van der Waals surface area contributed by atoms with Crippen LogP contribution >= 0.6 is 0 Å². The van der Waals surface area contributed by atoms with Crippen LogP contribution in [0.1, 0.15) is 37.0 Å². The van der Waals surface area contributed by atoms with Gasteiger partial charge >= 0.3 is 11.9 Å². The average molecular weight is 294 g/mol. The normalized spacial score (nSPS) is 9.05. The maximum absolute atomic E-state index is 11.1. The van der Waals surface area contributed by atoms with Gasteiger partial charge in [-0.15, -0.1) is 0 Å². The molecule has 1 aromatic rings. The number of para-hydroxylation sites is 1. The molecule has 5 heteroatoms. The molecule has 0 unspecified atom stereocenters. The van der Waals surface area contributed by atoms with Crippen LogP contribution in [0.4, 0.5) is 0 Å². The van der Waals surface area contributed by atoms with Gasteiger partial charge in [-0.3, -0.25) is 0 Å². The minimum absolute atomic E-state index is 0.0454. The summed E-state index contributed by atoms with van der Waals surface area (Å²) >= 11 is 0. The Hall–Kier alpha value is -2.30. The van der Waals surface area contributed by atoms with Crippen LogP contribution in [-0.2, 0) is 14.3 Å². The predicted octanol–water partition coefficient (Wildman–Crippen LogP) is 3.08. The van der Waals surface area contributed by atoms with Crippen molar-refractivity contribution in [3.8, 4) is 5.75 Å². The number of unbranched alkanes of at least 4 members (excludes halogenated alkanes) is 1. The van der Waals surface area contributed by atoms with E-state index in [4.69, 9.17) is 4.74 Å². The van der Waals surface area contributed by atoms with Gasteiger partial charge in [-0.25, -0.2) is 9.59 Å². The van der Waals surface area contributed by atoms with Gasteiger partial charge in [0.25, 0.3) is 0 Å². The van der Waals surface area contributed by atoms with Gasteiger partial charge in [0.2, 0.25) is 0 Å². The number of hydrogen-bond donors (Lipinski definition) is 1. The molecule has 0 aromatic heterocycles. The third-order valence-electron chi connectivity index (χ3n) is 2.31. The molecule has 0 bridgehead atoms. The first-order chi connectivity index (χ1) is 10.1. The number of ether oxygens (including phenoxy) is 2. The number of benzene rings is 1. The van der Waals surface area contributed by atoms with Gasteiger partial charge in [-0.1, -0.05) is 32.1 Å². The highest BCUT2D eigenvalue weighted by atomic mass is 16.5. The summed E-state index contributed by atoms with van der Waals surface area (Å²) in [6.45, 7) is 7.86. The number of hydrogen-bond acceptors (Lipinski definition) is 5. The van der Waals surface area contributed by atoms with Crippen LogP contribution in [0.2, 0.25) is 0 Å². The monoisotopic (exact) mass is 294 g/mol. The summed E-state index contributed by atoms with van der Waals surface area (Å²) in [5, 5.41) is 9.21. The lowest BCUT2D eigenvalue weighted by Crippen LogP contribution is -2.04. The minimum atomic E-state index is -0.490. The van der Waals surface area contributed by atoms with Gasteiger partial charge in [0, 0.05) is 6.08 Å². The molecule has 0 heterocycles. The average Bonchev–Trinajstić information content (AvgIpc) is 2.48. The number of phenols is 1. The van der Waals surface area contributed by atoms with Crippen LogP contribution in [0.5, 0.6) is 5.75 Å². The molecule has 0 atom stereocenters. The van der Waals surface area contributed by atoms with Gasteiger partial charge in [-0.2, -0.15) is 0 Å². The summed E-state index contributed by atoms with van der Waals surface area (Å²) in [5.41, 5.74) is 0.208. The maximum Gasteiger partial charge on any atom is 0.341 e. The van der Waals surface area contributed by atoms with Gasteiger partial charge < -0.3 is 14.6 Å². The number of rotatable bonds is 6. The van der Waals surface area contributed by atoms with Crippen molar-refractivity contribution in [2.24, 2.45) is 0 Å². The van der Waals surface area contributed by atoms with Gasteiger partial charge in [0.05, 0.1) is 13.2 Å². The van der Waals surface area contributed by atoms with E-state index in [-0.39, 0.29) is 17.3 Å². The molecule has 0 aliphatic rings. The van der Waals surface area contributed by atoms with Gasteiger partial charge in [0.15, 0.2) is 0 Å². The molecule has 0 saturated carbocycles. The first-order valence-electron chi connectivity index (χ1n) is 6.81. The standard InChI is InChI=1S/C9H10O3.C7H12O2/c1-2-12-9(11)7-5-3-4-6-8(7)10;1-3-5-6-9-7(8)4-2/h3-6,10H,2H2,1H3;4H,2-3,5-6H2,1H3. The summed E-state index contributed by atoms with van der Waals surface area (Å²) in [6, 6.07) is 6.30. The quantitative estimate of drug-likeness (QED) is 0.496. The van der Waals surface area contributed by atoms with Crippen LogP contribution in [0.3, 0.4) is 0 Å². The molecular formula is C16H22O5. The Morgan fingerprint density at radius 2 is 1.90 bits per heavy atom. The molecule has 0 fully saturated rings. The highest BCUT2D eigenvalue weighted by Crippen LogP contribution is 2.16. The lowest BCUT2D eigenvalue weighted by molar-refractivity contribution is -0.137. The summed E-state index contributed by atoms with van der Waals surface area (Å²) in [5.74, 6) is -0.866. The van der Waals surface area contributed by atoms with E-state index >= 15 is 0 Å². The largest absolute Gasteiger partial charge is 0.507 e. The summed E-state index contributed by atoms with van der Waals surface area (Å²) in [4.78, 5) is 21.4. The van der Waals surface area contributed by atoms with Crippen LogP contribution in [0.15, 0.2) is 36.9 Å². The SMILES string of the molecule is C=CC(=O)OCCCC.CCOC(=O)c1ccccc1O. The summed E-state index contributed by atoms with van der Waals surface area (Å²) in [7, 11) is 0. The van der Waals surface area contributed by atoms with Crippen LogP contribution in [0.25, 0.3) is 0 Å².